The first-order valence-corrected chi connectivity index (χ1v) is 13.1. The number of benzene rings is 3. The molecule has 1 aliphatic heterocycles. The van der Waals surface area contributed by atoms with Crippen molar-refractivity contribution >= 4 is 22.8 Å². The van der Waals surface area contributed by atoms with Gasteiger partial charge in [0.2, 0.25) is 0 Å². The Bertz CT molecular complexity index is 1720. The standard InChI is InChI=1S/C30H29F2N7O/c1-18-14-38(15-19(2)35-18)30(40)36-24-8-21(26-6-5-23(31)11-27(26)32)9-25(12-24)39-17-33-28-10-20(4-7-29(28)39)22-13-34-37(3)16-22/h4-13,16-19,35H,14-15H2,1-3H3,(H,36,40). The number of hydrogen-bond donors (Lipinski definition) is 2. The number of aryl methyl sites for hydroxylation is 1. The zero-order valence-electron chi connectivity index (χ0n) is 22.4. The maximum atomic E-state index is 14.9. The molecule has 1 aliphatic rings. The van der Waals surface area contributed by atoms with Crippen molar-refractivity contribution in [3.63, 3.8) is 0 Å². The van der Waals surface area contributed by atoms with E-state index in [1.165, 1.54) is 12.1 Å². The van der Waals surface area contributed by atoms with Gasteiger partial charge in [0.15, 0.2) is 0 Å². The van der Waals surface area contributed by atoms with Gasteiger partial charge in [-0.2, -0.15) is 5.10 Å². The Hall–Kier alpha value is -4.57. The predicted octanol–water partition coefficient (Wildman–Crippen LogP) is 5.59. The molecule has 40 heavy (non-hydrogen) atoms. The van der Waals surface area contributed by atoms with E-state index in [0.717, 1.165) is 28.2 Å². The van der Waals surface area contributed by atoms with Gasteiger partial charge in [0.05, 0.1) is 17.2 Å². The number of amides is 2. The van der Waals surface area contributed by atoms with E-state index in [4.69, 9.17) is 0 Å². The van der Waals surface area contributed by atoms with Crippen LogP contribution >= 0.6 is 0 Å². The molecule has 5 aromatic rings. The van der Waals surface area contributed by atoms with Crippen molar-refractivity contribution in [2.24, 2.45) is 7.05 Å². The van der Waals surface area contributed by atoms with Gasteiger partial charge in [0, 0.05) is 67.0 Å². The van der Waals surface area contributed by atoms with Crippen LogP contribution in [0.3, 0.4) is 0 Å². The summed E-state index contributed by atoms with van der Waals surface area (Å²) in [6.45, 7) is 5.22. The second kappa shape index (κ2) is 10.2. The molecule has 2 N–H and O–H groups in total. The van der Waals surface area contributed by atoms with E-state index in [0.29, 0.717) is 30.0 Å². The SMILES string of the molecule is CC1CN(C(=O)Nc2cc(-c3ccc(F)cc3F)cc(-n3cnc4cc(-c5cnn(C)c5)ccc43)c2)CC(C)N1. The lowest BCUT2D eigenvalue weighted by molar-refractivity contribution is 0.176. The van der Waals surface area contributed by atoms with Gasteiger partial charge < -0.3 is 15.5 Å². The van der Waals surface area contributed by atoms with Crippen molar-refractivity contribution in [2.45, 2.75) is 25.9 Å². The number of nitrogens with zero attached hydrogens (tertiary/aromatic N) is 5. The third-order valence-electron chi connectivity index (χ3n) is 7.12. The molecule has 3 aromatic carbocycles. The van der Waals surface area contributed by atoms with Gasteiger partial charge in [-0.25, -0.2) is 18.6 Å². The fourth-order valence-electron chi connectivity index (χ4n) is 5.36. The molecule has 6 rings (SSSR count). The number of piperazine rings is 1. The Morgan fingerprint density at radius 2 is 1.77 bits per heavy atom. The van der Waals surface area contributed by atoms with Crippen molar-refractivity contribution in [3.05, 3.63) is 85.0 Å². The zero-order chi connectivity index (χ0) is 28.0. The first-order valence-electron chi connectivity index (χ1n) is 13.1. The van der Waals surface area contributed by atoms with Crippen molar-refractivity contribution in [1.29, 1.82) is 0 Å². The number of anilines is 1. The number of urea groups is 1. The highest BCUT2D eigenvalue weighted by atomic mass is 19.1. The van der Waals surface area contributed by atoms with Gasteiger partial charge in [0.1, 0.15) is 18.0 Å². The highest BCUT2D eigenvalue weighted by Crippen LogP contribution is 2.32. The summed E-state index contributed by atoms with van der Waals surface area (Å²) in [6.07, 6.45) is 5.44. The number of fused-ring (bicyclic) bond motifs is 1. The molecule has 3 heterocycles. The van der Waals surface area contributed by atoms with Crippen LogP contribution in [-0.2, 0) is 7.05 Å². The molecule has 204 valence electrons. The number of hydrogen-bond acceptors (Lipinski definition) is 4. The minimum absolute atomic E-state index is 0.165. The van der Waals surface area contributed by atoms with Crippen LogP contribution in [0.25, 0.3) is 39.0 Å². The molecule has 2 amide bonds. The second-order valence-corrected chi connectivity index (χ2v) is 10.4. The Labute approximate surface area is 230 Å². The normalized spacial score (nSPS) is 17.4. The number of carbonyl (C=O) groups excluding carboxylic acids is 1. The Balaban J connectivity index is 1.41. The summed E-state index contributed by atoms with van der Waals surface area (Å²) < 4.78 is 32.2. The van der Waals surface area contributed by atoms with Gasteiger partial charge in [-0.15, -0.1) is 0 Å². The van der Waals surface area contributed by atoms with E-state index in [2.05, 4.69) is 20.7 Å². The molecule has 10 heteroatoms. The maximum Gasteiger partial charge on any atom is 0.321 e. The maximum absolute atomic E-state index is 14.9. The van der Waals surface area contributed by atoms with Crippen molar-refractivity contribution < 1.29 is 13.6 Å². The quantitative estimate of drug-likeness (QED) is 0.311. The monoisotopic (exact) mass is 541 g/mol. The van der Waals surface area contributed by atoms with Crippen LogP contribution in [0.4, 0.5) is 19.3 Å². The first kappa shape index (κ1) is 25.7. The number of halogens is 2. The van der Waals surface area contributed by atoms with Crippen LogP contribution in [0.15, 0.2) is 73.3 Å². The van der Waals surface area contributed by atoms with E-state index < -0.39 is 11.6 Å². The van der Waals surface area contributed by atoms with Crippen LogP contribution in [0.1, 0.15) is 13.8 Å². The number of nitrogens with one attached hydrogen (secondary N) is 2. The number of rotatable bonds is 4. The van der Waals surface area contributed by atoms with Gasteiger partial charge in [-0.05, 0) is 67.4 Å². The van der Waals surface area contributed by atoms with E-state index >= 15 is 0 Å². The lowest BCUT2D eigenvalue weighted by Crippen LogP contribution is -2.56. The molecular weight excluding hydrogens is 512 g/mol. The van der Waals surface area contributed by atoms with Crippen LogP contribution in [0.5, 0.6) is 0 Å². The van der Waals surface area contributed by atoms with Crippen molar-refractivity contribution in [1.82, 2.24) is 29.5 Å². The summed E-state index contributed by atoms with van der Waals surface area (Å²) in [5, 5.41) is 10.7. The van der Waals surface area contributed by atoms with Crippen molar-refractivity contribution in [3.8, 4) is 27.9 Å². The summed E-state index contributed by atoms with van der Waals surface area (Å²) >= 11 is 0. The third kappa shape index (κ3) is 5.05. The molecule has 8 nitrogen and oxygen atoms in total. The number of carbonyl (C=O) groups is 1. The van der Waals surface area contributed by atoms with Gasteiger partial charge >= 0.3 is 6.03 Å². The van der Waals surface area contributed by atoms with E-state index in [9.17, 15) is 13.6 Å². The topological polar surface area (TPSA) is 80.0 Å². The first-order chi connectivity index (χ1) is 19.2. The second-order valence-electron chi connectivity index (χ2n) is 10.4. The minimum Gasteiger partial charge on any atom is -0.321 e. The molecule has 2 aromatic heterocycles. The minimum atomic E-state index is -0.684. The smallest absolute Gasteiger partial charge is 0.321 e. The summed E-state index contributed by atoms with van der Waals surface area (Å²) in [5.74, 6) is -1.34. The molecule has 0 spiro atoms. The molecule has 2 unspecified atom stereocenters. The number of imidazole rings is 1. The largest absolute Gasteiger partial charge is 0.321 e. The lowest BCUT2D eigenvalue weighted by atomic mass is 10.0. The van der Waals surface area contributed by atoms with E-state index in [1.54, 1.807) is 34.2 Å². The molecule has 0 aliphatic carbocycles. The summed E-state index contributed by atoms with van der Waals surface area (Å²) in [5.41, 5.74) is 5.48. The molecule has 0 radical (unpaired) electrons. The molecule has 2 atom stereocenters. The predicted molar refractivity (Wildman–Crippen MR) is 151 cm³/mol. The fourth-order valence-corrected chi connectivity index (χ4v) is 5.36. The fraction of sp³-hybridized carbons (Fsp3) is 0.233. The molecular formula is C30H29F2N7O. The van der Waals surface area contributed by atoms with Gasteiger partial charge in [0.25, 0.3) is 0 Å². The van der Waals surface area contributed by atoms with Crippen LogP contribution in [0.2, 0.25) is 0 Å². The third-order valence-corrected chi connectivity index (χ3v) is 7.12. The van der Waals surface area contributed by atoms with Gasteiger partial charge in [-0.1, -0.05) is 6.07 Å². The summed E-state index contributed by atoms with van der Waals surface area (Å²) in [4.78, 5) is 19.6. The molecule has 0 saturated carbocycles. The molecule has 1 saturated heterocycles. The Morgan fingerprint density at radius 1 is 0.975 bits per heavy atom. The van der Waals surface area contributed by atoms with Crippen LogP contribution in [-0.4, -0.2) is 55.4 Å². The molecule has 1 fully saturated rings. The zero-order valence-corrected chi connectivity index (χ0v) is 22.4. The number of aromatic nitrogens is 4. The van der Waals surface area contributed by atoms with Crippen LogP contribution < -0.4 is 10.6 Å². The van der Waals surface area contributed by atoms with E-state index in [1.807, 2.05) is 55.9 Å². The highest BCUT2D eigenvalue weighted by Gasteiger charge is 2.25. The Kier molecular flexibility index (Phi) is 6.55. The van der Waals surface area contributed by atoms with Gasteiger partial charge in [-0.3, -0.25) is 9.25 Å². The average molecular weight is 542 g/mol. The average Bonchev–Trinajstić information content (AvgIpc) is 3.53. The summed E-state index contributed by atoms with van der Waals surface area (Å²) in [6, 6.07) is 14.9. The lowest BCUT2D eigenvalue weighted by Gasteiger charge is -2.36. The molecule has 0 bridgehead atoms. The van der Waals surface area contributed by atoms with Crippen molar-refractivity contribution in [2.75, 3.05) is 18.4 Å². The highest BCUT2D eigenvalue weighted by molar-refractivity contribution is 5.91. The Morgan fingerprint density at radius 3 is 2.50 bits per heavy atom. The van der Waals surface area contributed by atoms with E-state index in [-0.39, 0.29) is 23.7 Å². The van der Waals surface area contributed by atoms with Crippen LogP contribution in [0, 0.1) is 11.6 Å². The summed E-state index contributed by atoms with van der Waals surface area (Å²) in [7, 11) is 1.87.